The van der Waals surface area contributed by atoms with E-state index in [4.69, 9.17) is 45.6 Å². The van der Waals surface area contributed by atoms with E-state index < -0.39 is 0 Å². The SMILES string of the molecule is COCC(CCCCCCN)COCOCC(CCCCCCN)COCOCC(CCCCCCN)COC. The molecular formula is C31H67N3O6. The Morgan fingerprint density at radius 2 is 0.650 bits per heavy atom. The van der Waals surface area contributed by atoms with Crippen molar-refractivity contribution >= 4 is 0 Å². The number of hydrogen-bond acceptors (Lipinski definition) is 9. The Kier molecular flexibility index (Phi) is 32.8. The fraction of sp³-hybridized carbons (Fsp3) is 1.00. The van der Waals surface area contributed by atoms with Crippen LogP contribution in [0.25, 0.3) is 0 Å². The van der Waals surface area contributed by atoms with Gasteiger partial charge in [-0.15, -0.1) is 0 Å². The summed E-state index contributed by atoms with van der Waals surface area (Å²) in [7, 11) is 3.50. The lowest BCUT2D eigenvalue weighted by Crippen LogP contribution is -2.21. The zero-order valence-electron chi connectivity index (χ0n) is 26.3. The lowest BCUT2D eigenvalue weighted by atomic mass is 10.0. The number of methoxy groups -OCH3 is 2. The summed E-state index contributed by atoms with van der Waals surface area (Å²) < 4.78 is 34.3. The number of hydrogen-bond donors (Lipinski definition) is 3. The van der Waals surface area contributed by atoms with E-state index in [1.165, 1.54) is 51.4 Å². The average molecular weight is 578 g/mol. The fourth-order valence-corrected chi connectivity index (χ4v) is 4.89. The molecule has 9 heteroatoms. The monoisotopic (exact) mass is 578 g/mol. The summed E-state index contributed by atoms with van der Waals surface area (Å²) >= 11 is 0. The van der Waals surface area contributed by atoms with Crippen molar-refractivity contribution in [2.24, 2.45) is 35.0 Å². The Morgan fingerprint density at radius 1 is 0.375 bits per heavy atom. The zero-order valence-corrected chi connectivity index (χ0v) is 26.3. The third-order valence-electron chi connectivity index (χ3n) is 7.25. The minimum atomic E-state index is 0.303. The van der Waals surface area contributed by atoms with Gasteiger partial charge in [0, 0.05) is 32.0 Å². The summed E-state index contributed by atoms with van der Waals surface area (Å²) in [5.74, 6) is 1.12. The van der Waals surface area contributed by atoms with E-state index in [0.29, 0.717) is 57.8 Å². The van der Waals surface area contributed by atoms with Crippen LogP contribution in [0.4, 0.5) is 0 Å². The first kappa shape index (κ1) is 39.6. The minimum Gasteiger partial charge on any atom is -0.384 e. The topological polar surface area (TPSA) is 133 Å². The van der Waals surface area contributed by atoms with Gasteiger partial charge in [-0.1, -0.05) is 57.8 Å². The molecular weight excluding hydrogens is 510 g/mol. The standard InChI is InChI=1S/C31H67N3O6/c1-35-21-29(15-9-3-6-12-18-32)23-37-27-39-25-31(17-11-5-8-14-20-34)26-40-28-38-24-30(22-36-2)16-10-4-7-13-19-33/h29-31H,3-28,32-34H2,1-2H3. The summed E-state index contributed by atoms with van der Waals surface area (Å²) in [4.78, 5) is 0. The first-order chi connectivity index (χ1) is 19.7. The van der Waals surface area contributed by atoms with Crippen molar-refractivity contribution in [2.45, 2.75) is 96.3 Å². The van der Waals surface area contributed by atoms with Gasteiger partial charge in [-0.05, 0) is 58.2 Å². The number of rotatable bonds is 34. The molecule has 0 aliphatic carbocycles. The predicted octanol–water partition coefficient (Wildman–Crippen LogP) is 4.84. The van der Waals surface area contributed by atoms with E-state index in [-0.39, 0.29) is 0 Å². The van der Waals surface area contributed by atoms with Gasteiger partial charge in [0.05, 0.1) is 39.6 Å². The summed E-state index contributed by atoms with van der Waals surface area (Å²) in [5.41, 5.74) is 16.8. The summed E-state index contributed by atoms with van der Waals surface area (Å²) in [6, 6.07) is 0. The summed E-state index contributed by atoms with van der Waals surface area (Å²) in [5, 5.41) is 0. The molecule has 2 unspecified atom stereocenters. The molecule has 0 aliphatic heterocycles. The van der Waals surface area contributed by atoms with Crippen LogP contribution in [0.5, 0.6) is 0 Å². The Morgan fingerprint density at radius 3 is 0.925 bits per heavy atom. The first-order valence-corrected chi connectivity index (χ1v) is 16.1. The summed E-state index contributed by atoms with van der Waals surface area (Å²) in [6.45, 7) is 6.93. The first-order valence-electron chi connectivity index (χ1n) is 16.1. The van der Waals surface area contributed by atoms with Crippen LogP contribution in [-0.4, -0.2) is 87.1 Å². The molecule has 0 heterocycles. The lowest BCUT2D eigenvalue weighted by Gasteiger charge is -2.20. The second kappa shape index (κ2) is 33.1. The molecule has 0 spiro atoms. The Balaban J connectivity index is 4.27. The molecule has 242 valence electrons. The van der Waals surface area contributed by atoms with Crippen LogP contribution in [0.3, 0.4) is 0 Å². The largest absolute Gasteiger partial charge is 0.384 e. The van der Waals surface area contributed by atoms with Crippen molar-refractivity contribution in [3.05, 3.63) is 0 Å². The van der Waals surface area contributed by atoms with Crippen molar-refractivity contribution < 1.29 is 28.4 Å². The maximum Gasteiger partial charge on any atom is 0.146 e. The second-order valence-corrected chi connectivity index (χ2v) is 11.2. The molecule has 0 saturated heterocycles. The van der Waals surface area contributed by atoms with Gasteiger partial charge in [0.25, 0.3) is 0 Å². The van der Waals surface area contributed by atoms with Crippen LogP contribution in [0.15, 0.2) is 0 Å². The molecule has 0 rings (SSSR count). The van der Waals surface area contributed by atoms with Gasteiger partial charge >= 0.3 is 0 Å². The highest BCUT2D eigenvalue weighted by molar-refractivity contribution is 4.61. The van der Waals surface area contributed by atoms with Crippen molar-refractivity contribution in [2.75, 3.05) is 87.1 Å². The van der Waals surface area contributed by atoms with Gasteiger partial charge in [-0.2, -0.15) is 0 Å². The molecule has 0 radical (unpaired) electrons. The zero-order chi connectivity index (χ0) is 29.4. The van der Waals surface area contributed by atoms with Gasteiger partial charge in [0.2, 0.25) is 0 Å². The van der Waals surface area contributed by atoms with Gasteiger partial charge in [0.15, 0.2) is 0 Å². The van der Waals surface area contributed by atoms with Crippen molar-refractivity contribution in [3.8, 4) is 0 Å². The maximum atomic E-state index is 5.92. The lowest BCUT2D eigenvalue weighted by molar-refractivity contribution is -0.107. The van der Waals surface area contributed by atoms with Crippen LogP contribution in [0.1, 0.15) is 96.3 Å². The molecule has 0 aromatic rings. The van der Waals surface area contributed by atoms with E-state index in [1.807, 2.05) is 0 Å². The number of unbranched alkanes of at least 4 members (excludes halogenated alkanes) is 9. The Hall–Kier alpha value is -0.360. The molecule has 0 saturated carbocycles. The highest BCUT2D eigenvalue weighted by atomic mass is 16.7. The predicted molar refractivity (Wildman–Crippen MR) is 164 cm³/mol. The van der Waals surface area contributed by atoms with Crippen LogP contribution < -0.4 is 17.2 Å². The molecule has 0 aromatic heterocycles. The van der Waals surface area contributed by atoms with E-state index in [1.54, 1.807) is 14.2 Å². The average Bonchev–Trinajstić information content (AvgIpc) is 2.95. The molecule has 0 bridgehead atoms. The molecule has 0 fully saturated rings. The number of nitrogens with two attached hydrogens (primary N) is 3. The van der Waals surface area contributed by atoms with Gasteiger partial charge in [-0.3, -0.25) is 0 Å². The molecule has 2 atom stereocenters. The van der Waals surface area contributed by atoms with E-state index >= 15 is 0 Å². The van der Waals surface area contributed by atoms with E-state index in [0.717, 1.165) is 77.8 Å². The molecule has 0 aromatic carbocycles. The van der Waals surface area contributed by atoms with Gasteiger partial charge in [0.1, 0.15) is 13.6 Å². The molecule has 0 amide bonds. The van der Waals surface area contributed by atoms with E-state index in [2.05, 4.69) is 0 Å². The van der Waals surface area contributed by atoms with Gasteiger partial charge in [-0.25, -0.2) is 0 Å². The maximum absolute atomic E-state index is 5.92. The quantitative estimate of drug-likeness (QED) is 0.0726. The Bertz CT molecular complexity index is 444. The fourth-order valence-electron chi connectivity index (χ4n) is 4.89. The molecule has 40 heavy (non-hydrogen) atoms. The van der Waals surface area contributed by atoms with Gasteiger partial charge < -0.3 is 45.6 Å². The van der Waals surface area contributed by atoms with Crippen molar-refractivity contribution in [1.29, 1.82) is 0 Å². The summed E-state index contributed by atoms with van der Waals surface area (Å²) in [6.07, 6.45) is 17.3. The van der Waals surface area contributed by atoms with E-state index in [9.17, 15) is 0 Å². The minimum absolute atomic E-state index is 0.303. The highest BCUT2D eigenvalue weighted by Gasteiger charge is 2.13. The third-order valence-corrected chi connectivity index (χ3v) is 7.25. The molecule has 6 N–H and O–H groups in total. The molecule has 9 nitrogen and oxygen atoms in total. The molecule has 0 aliphatic rings. The smallest absolute Gasteiger partial charge is 0.146 e. The number of ether oxygens (including phenoxy) is 6. The Labute approximate surface area is 246 Å². The van der Waals surface area contributed by atoms with Crippen molar-refractivity contribution in [3.63, 3.8) is 0 Å². The van der Waals surface area contributed by atoms with Crippen molar-refractivity contribution in [1.82, 2.24) is 0 Å². The van der Waals surface area contributed by atoms with Crippen LogP contribution in [0.2, 0.25) is 0 Å². The van der Waals surface area contributed by atoms with Crippen LogP contribution in [0, 0.1) is 17.8 Å². The van der Waals surface area contributed by atoms with Crippen LogP contribution in [-0.2, 0) is 28.4 Å². The second-order valence-electron chi connectivity index (χ2n) is 11.2. The van der Waals surface area contributed by atoms with Crippen LogP contribution >= 0.6 is 0 Å². The highest BCUT2D eigenvalue weighted by Crippen LogP contribution is 2.15. The normalized spacial score (nSPS) is 14.0. The third kappa shape index (κ3) is 27.8.